The smallest absolute Gasteiger partial charge is 0.107 e. The molecule has 1 spiro atoms. The van der Waals surface area contributed by atoms with Crippen LogP contribution in [0.5, 0.6) is 0 Å². The molecular weight excluding hydrogens is 342 g/mol. The van der Waals surface area contributed by atoms with Gasteiger partial charge in [0.1, 0.15) is 5.01 Å². The quantitative estimate of drug-likeness (QED) is 0.895. The Kier molecular flexibility index (Phi) is 4.57. The lowest BCUT2D eigenvalue weighted by molar-refractivity contribution is 0.144. The standard InChI is InChI=1S/C21H27N3OS/c1-2-4-18-17(3-1)19(23-16-5-11-25-15-16)13-21(18)6-9-24(10-7-21)14-20-22-8-12-26-20/h1-4,8,12,16,19,23H,5-7,9-11,13-15H2/t16-,19-/m0/s1. The molecule has 0 amide bonds. The zero-order chi connectivity index (χ0) is 17.4. The number of hydrogen-bond donors (Lipinski definition) is 1. The molecule has 4 nitrogen and oxygen atoms in total. The summed E-state index contributed by atoms with van der Waals surface area (Å²) in [6.07, 6.45) is 6.83. The molecule has 1 aliphatic carbocycles. The molecule has 3 aliphatic rings. The van der Waals surface area contributed by atoms with Crippen LogP contribution >= 0.6 is 11.3 Å². The van der Waals surface area contributed by atoms with Crippen LogP contribution in [-0.4, -0.2) is 42.2 Å². The average molecular weight is 370 g/mol. The van der Waals surface area contributed by atoms with Crippen LogP contribution in [0, 0.1) is 0 Å². The van der Waals surface area contributed by atoms with Crippen LogP contribution in [0.1, 0.15) is 47.9 Å². The van der Waals surface area contributed by atoms with Gasteiger partial charge in [0.2, 0.25) is 0 Å². The highest BCUT2D eigenvalue weighted by atomic mass is 32.1. The maximum Gasteiger partial charge on any atom is 0.107 e. The maximum atomic E-state index is 5.58. The van der Waals surface area contributed by atoms with Gasteiger partial charge in [-0.15, -0.1) is 11.3 Å². The van der Waals surface area contributed by atoms with Gasteiger partial charge < -0.3 is 10.1 Å². The van der Waals surface area contributed by atoms with Crippen molar-refractivity contribution in [2.75, 3.05) is 26.3 Å². The Hall–Kier alpha value is -1.27. The molecule has 0 saturated carbocycles. The van der Waals surface area contributed by atoms with Crippen LogP contribution in [0.3, 0.4) is 0 Å². The molecule has 2 fully saturated rings. The Labute approximate surface area is 159 Å². The van der Waals surface area contributed by atoms with Crippen molar-refractivity contribution >= 4 is 11.3 Å². The first-order chi connectivity index (χ1) is 12.8. The average Bonchev–Trinajstić information content (AvgIpc) is 3.41. The van der Waals surface area contributed by atoms with Crippen LogP contribution in [0.4, 0.5) is 0 Å². The summed E-state index contributed by atoms with van der Waals surface area (Å²) in [5.41, 5.74) is 3.49. The molecule has 3 heterocycles. The fraction of sp³-hybridized carbons (Fsp3) is 0.571. The van der Waals surface area contributed by atoms with Gasteiger partial charge in [0.15, 0.2) is 0 Å². The Morgan fingerprint density at radius 2 is 2.15 bits per heavy atom. The van der Waals surface area contributed by atoms with E-state index in [0.29, 0.717) is 17.5 Å². The van der Waals surface area contributed by atoms with E-state index >= 15 is 0 Å². The number of thiazole rings is 1. The van der Waals surface area contributed by atoms with Gasteiger partial charge in [-0.05, 0) is 55.3 Å². The van der Waals surface area contributed by atoms with Crippen molar-refractivity contribution in [2.24, 2.45) is 0 Å². The zero-order valence-corrected chi connectivity index (χ0v) is 16.0. The van der Waals surface area contributed by atoms with Crippen molar-refractivity contribution in [1.82, 2.24) is 15.2 Å². The van der Waals surface area contributed by atoms with Gasteiger partial charge in [-0.1, -0.05) is 24.3 Å². The van der Waals surface area contributed by atoms with Gasteiger partial charge in [-0.2, -0.15) is 0 Å². The van der Waals surface area contributed by atoms with Gasteiger partial charge in [0.05, 0.1) is 13.2 Å². The van der Waals surface area contributed by atoms with Crippen molar-refractivity contribution in [3.05, 3.63) is 52.0 Å². The number of rotatable bonds is 4. The molecule has 5 rings (SSSR count). The van der Waals surface area contributed by atoms with E-state index < -0.39 is 0 Å². The Morgan fingerprint density at radius 1 is 1.27 bits per heavy atom. The number of hydrogen-bond acceptors (Lipinski definition) is 5. The maximum absolute atomic E-state index is 5.58. The lowest BCUT2D eigenvalue weighted by atomic mass is 9.73. The first-order valence-corrected chi connectivity index (χ1v) is 10.7. The van der Waals surface area contributed by atoms with Crippen molar-refractivity contribution in [3.8, 4) is 0 Å². The van der Waals surface area contributed by atoms with Crippen molar-refractivity contribution in [1.29, 1.82) is 0 Å². The minimum atomic E-state index is 0.354. The van der Waals surface area contributed by atoms with Crippen LogP contribution in [0.2, 0.25) is 0 Å². The van der Waals surface area contributed by atoms with E-state index in [1.807, 2.05) is 6.20 Å². The summed E-state index contributed by atoms with van der Waals surface area (Å²) in [5, 5.41) is 7.23. The van der Waals surface area contributed by atoms with Gasteiger partial charge in [0.25, 0.3) is 0 Å². The van der Waals surface area contributed by atoms with Gasteiger partial charge in [-0.3, -0.25) is 4.90 Å². The summed E-state index contributed by atoms with van der Waals surface area (Å²) < 4.78 is 5.58. The van der Waals surface area contributed by atoms with E-state index in [2.05, 4.69) is 44.8 Å². The zero-order valence-electron chi connectivity index (χ0n) is 15.2. The fourth-order valence-electron chi connectivity index (χ4n) is 5.13. The highest BCUT2D eigenvalue weighted by molar-refractivity contribution is 7.09. The second-order valence-electron chi connectivity index (χ2n) is 8.05. The number of benzene rings is 1. The van der Waals surface area contributed by atoms with E-state index in [0.717, 1.165) is 26.2 Å². The third-order valence-corrected chi connectivity index (χ3v) is 7.29. The van der Waals surface area contributed by atoms with Crippen LogP contribution in [-0.2, 0) is 16.7 Å². The Balaban J connectivity index is 1.31. The van der Waals surface area contributed by atoms with Gasteiger partial charge in [0, 0.05) is 30.3 Å². The van der Waals surface area contributed by atoms with E-state index in [9.17, 15) is 0 Å². The fourth-order valence-corrected chi connectivity index (χ4v) is 5.79. The largest absolute Gasteiger partial charge is 0.380 e. The second kappa shape index (κ2) is 7.04. The Morgan fingerprint density at radius 3 is 2.92 bits per heavy atom. The number of piperidine rings is 1. The molecule has 138 valence electrons. The first-order valence-electron chi connectivity index (χ1n) is 9.86. The normalized spacial score (nSPS) is 27.8. The monoisotopic (exact) mass is 369 g/mol. The summed E-state index contributed by atoms with van der Waals surface area (Å²) in [7, 11) is 0. The minimum Gasteiger partial charge on any atom is -0.380 e. The third kappa shape index (κ3) is 3.11. The van der Waals surface area contributed by atoms with Gasteiger partial charge in [-0.25, -0.2) is 4.98 Å². The number of nitrogens with zero attached hydrogens (tertiary/aromatic N) is 2. The molecule has 0 radical (unpaired) electrons. The minimum absolute atomic E-state index is 0.354. The molecule has 0 unspecified atom stereocenters. The Bertz CT molecular complexity index is 733. The van der Waals surface area contributed by atoms with Crippen molar-refractivity contribution in [3.63, 3.8) is 0 Å². The predicted octanol–water partition coefficient (Wildman–Crippen LogP) is 3.50. The lowest BCUT2D eigenvalue weighted by Gasteiger charge is -2.40. The van der Waals surface area contributed by atoms with Crippen molar-refractivity contribution < 1.29 is 4.74 Å². The highest BCUT2D eigenvalue weighted by Crippen LogP contribution is 2.51. The molecule has 2 saturated heterocycles. The molecule has 1 aromatic heterocycles. The molecule has 5 heteroatoms. The van der Waals surface area contributed by atoms with E-state index in [-0.39, 0.29) is 0 Å². The van der Waals surface area contributed by atoms with Gasteiger partial charge >= 0.3 is 0 Å². The van der Waals surface area contributed by atoms with Crippen LogP contribution in [0.15, 0.2) is 35.8 Å². The van der Waals surface area contributed by atoms with Crippen LogP contribution in [0.25, 0.3) is 0 Å². The van der Waals surface area contributed by atoms with E-state index in [1.54, 1.807) is 16.9 Å². The number of ether oxygens (including phenoxy) is 1. The van der Waals surface area contributed by atoms with Crippen molar-refractivity contribution in [2.45, 2.75) is 49.7 Å². The number of aromatic nitrogens is 1. The molecule has 0 bridgehead atoms. The second-order valence-corrected chi connectivity index (χ2v) is 9.03. The number of fused-ring (bicyclic) bond motifs is 2. The molecule has 1 N–H and O–H groups in total. The number of nitrogens with one attached hydrogen (secondary N) is 1. The van der Waals surface area contributed by atoms with E-state index in [1.165, 1.54) is 42.9 Å². The molecular formula is C21H27N3OS. The lowest BCUT2D eigenvalue weighted by Crippen LogP contribution is -2.42. The van der Waals surface area contributed by atoms with Crippen LogP contribution < -0.4 is 5.32 Å². The summed E-state index contributed by atoms with van der Waals surface area (Å²) in [6, 6.07) is 10.2. The van der Waals surface area contributed by atoms with E-state index in [4.69, 9.17) is 4.74 Å². The summed E-state index contributed by atoms with van der Waals surface area (Å²) >= 11 is 1.77. The molecule has 2 atom stereocenters. The highest BCUT2D eigenvalue weighted by Gasteiger charge is 2.45. The summed E-state index contributed by atoms with van der Waals surface area (Å²) in [4.78, 5) is 7.04. The predicted molar refractivity (Wildman–Crippen MR) is 104 cm³/mol. The molecule has 1 aromatic carbocycles. The molecule has 26 heavy (non-hydrogen) atoms. The molecule has 2 aliphatic heterocycles. The number of likely N-dealkylation sites (tertiary alicyclic amines) is 1. The topological polar surface area (TPSA) is 37.4 Å². The SMILES string of the molecule is c1ccc2c(c1)[C@@H](N[C@H]1CCOC1)CC21CCN(Cc2nccs2)CC1. The summed E-state index contributed by atoms with van der Waals surface area (Å²) in [6.45, 7) is 5.13. The summed E-state index contributed by atoms with van der Waals surface area (Å²) in [5.74, 6) is 0. The first kappa shape index (κ1) is 16.9. The third-order valence-electron chi connectivity index (χ3n) is 6.52. The molecule has 2 aromatic rings.